The first-order valence-electron chi connectivity index (χ1n) is 5.66. The molecule has 0 aliphatic carbocycles. The SMILES string of the molecule is COc1ccc(C(=O)C(C)C(C)C)c(C)c1. The Labute approximate surface area is 97.6 Å². The largest absolute Gasteiger partial charge is 0.497 e. The Morgan fingerprint density at radius 1 is 1.25 bits per heavy atom. The molecule has 88 valence electrons. The van der Waals surface area contributed by atoms with Crippen LogP contribution in [-0.4, -0.2) is 12.9 Å². The molecule has 0 spiro atoms. The number of benzene rings is 1. The zero-order valence-corrected chi connectivity index (χ0v) is 10.7. The van der Waals surface area contributed by atoms with Crippen molar-refractivity contribution in [3.05, 3.63) is 29.3 Å². The summed E-state index contributed by atoms with van der Waals surface area (Å²) in [6.07, 6.45) is 0. The van der Waals surface area contributed by atoms with Crippen LogP contribution >= 0.6 is 0 Å². The van der Waals surface area contributed by atoms with E-state index in [9.17, 15) is 4.79 Å². The number of Topliss-reactive ketones (excluding diaryl/α,β-unsaturated/α-hetero) is 1. The van der Waals surface area contributed by atoms with Gasteiger partial charge >= 0.3 is 0 Å². The number of hydrogen-bond donors (Lipinski definition) is 0. The van der Waals surface area contributed by atoms with Crippen molar-refractivity contribution in [2.45, 2.75) is 27.7 Å². The Kier molecular flexibility index (Phi) is 4.11. The number of ketones is 1. The first kappa shape index (κ1) is 12.8. The normalized spacial score (nSPS) is 12.6. The molecule has 0 radical (unpaired) electrons. The molecule has 1 atom stereocenters. The molecule has 1 unspecified atom stereocenters. The molecule has 0 fully saturated rings. The predicted octanol–water partition coefficient (Wildman–Crippen LogP) is 3.48. The molecule has 0 amide bonds. The van der Waals surface area contributed by atoms with Gasteiger partial charge in [0.25, 0.3) is 0 Å². The minimum absolute atomic E-state index is 0.0621. The molecule has 2 heteroatoms. The van der Waals surface area contributed by atoms with Gasteiger partial charge in [-0.15, -0.1) is 0 Å². The van der Waals surface area contributed by atoms with Crippen molar-refractivity contribution in [2.24, 2.45) is 11.8 Å². The Bertz CT molecular complexity index is 380. The summed E-state index contributed by atoms with van der Waals surface area (Å²) in [4.78, 5) is 12.2. The Morgan fingerprint density at radius 2 is 1.88 bits per heavy atom. The molecule has 0 aromatic heterocycles. The summed E-state index contributed by atoms with van der Waals surface area (Å²) in [5.41, 5.74) is 1.79. The van der Waals surface area contributed by atoms with Crippen LogP contribution in [0.4, 0.5) is 0 Å². The molecule has 2 nitrogen and oxygen atoms in total. The van der Waals surface area contributed by atoms with Crippen molar-refractivity contribution in [3.8, 4) is 5.75 Å². The van der Waals surface area contributed by atoms with Crippen LogP contribution in [-0.2, 0) is 0 Å². The van der Waals surface area contributed by atoms with E-state index in [0.717, 1.165) is 16.9 Å². The highest BCUT2D eigenvalue weighted by atomic mass is 16.5. The number of carbonyl (C=O) groups is 1. The van der Waals surface area contributed by atoms with Crippen LogP contribution in [0, 0.1) is 18.8 Å². The zero-order chi connectivity index (χ0) is 12.3. The van der Waals surface area contributed by atoms with E-state index in [2.05, 4.69) is 13.8 Å². The first-order chi connectivity index (χ1) is 7.47. The van der Waals surface area contributed by atoms with Crippen LogP contribution in [0.15, 0.2) is 18.2 Å². The summed E-state index contributed by atoms with van der Waals surface area (Å²) in [7, 11) is 1.63. The summed E-state index contributed by atoms with van der Waals surface area (Å²) < 4.78 is 5.13. The second-order valence-electron chi connectivity index (χ2n) is 4.58. The molecule has 0 bridgehead atoms. The monoisotopic (exact) mass is 220 g/mol. The van der Waals surface area contributed by atoms with Gasteiger partial charge in [0.2, 0.25) is 0 Å². The number of rotatable bonds is 4. The fourth-order valence-corrected chi connectivity index (χ4v) is 1.59. The maximum Gasteiger partial charge on any atom is 0.166 e. The van der Waals surface area contributed by atoms with Gasteiger partial charge in [-0.25, -0.2) is 0 Å². The van der Waals surface area contributed by atoms with Gasteiger partial charge < -0.3 is 4.74 Å². The summed E-state index contributed by atoms with van der Waals surface area (Å²) in [5.74, 6) is 1.45. The third-order valence-corrected chi connectivity index (χ3v) is 3.11. The molecule has 1 aromatic carbocycles. The summed E-state index contributed by atoms with van der Waals surface area (Å²) in [5, 5.41) is 0. The highest BCUT2D eigenvalue weighted by Crippen LogP contribution is 2.22. The zero-order valence-electron chi connectivity index (χ0n) is 10.7. The molecule has 0 N–H and O–H groups in total. The van der Waals surface area contributed by atoms with Crippen LogP contribution in [0.2, 0.25) is 0 Å². The number of methoxy groups -OCH3 is 1. The second-order valence-corrected chi connectivity index (χ2v) is 4.58. The average Bonchev–Trinajstić information content (AvgIpc) is 2.26. The lowest BCUT2D eigenvalue weighted by Gasteiger charge is -2.16. The topological polar surface area (TPSA) is 26.3 Å². The van der Waals surface area contributed by atoms with Crippen molar-refractivity contribution in [1.29, 1.82) is 0 Å². The smallest absolute Gasteiger partial charge is 0.166 e. The standard InChI is InChI=1S/C14H20O2/c1-9(2)11(4)14(15)13-7-6-12(16-5)8-10(13)3/h6-9,11H,1-5H3. The van der Waals surface area contributed by atoms with E-state index in [1.807, 2.05) is 32.0 Å². The van der Waals surface area contributed by atoms with Crippen LogP contribution < -0.4 is 4.74 Å². The maximum absolute atomic E-state index is 12.2. The average molecular weight is 220 g/mol. The Morgan fingerprint density at radius 3 is 2.31 bits per heavy atom. The molecule has 16 heavy (non-hydrogen) atoms. The minimum atomic E-state index is 0.0621. The van der Waals surface area contributed by atoms with E-state index in [1.165, 1.54) is 0 Å². The van der Waals surface area contributed by atoms with E-state index in [0.29, 0.717) is 5.92 Å². The van der Waals surface area contributed by atoms with E-state index in [-0.39, 0.29) is 11.7 Å². The van der Waals surface area contributed by atoms with E-state index in [1.54, 1.807) is 7.11 Å². The fraction of sp³-hybridized carbons (Fsp3) is 0.500. The molecule has 0 heterocycles. The number of hydrogen-bond acceptors (Lipinski definition) is 2. The van der Waals surface area contributed by atoms with Gasteiger partial charge in [-0.1, -0.05) is 20.8 Å². The molecule has 0 aliphatic rings. The molecular weight excluding hydrogens is 200 g/mol. The van der Waals surface area contributed by atoms with Gasteiger partial charge in [0.05, 0.1) is 7.11 Å². The molecule has 1 aromatic rings. The van der Waals surface area contributed by atoms with Gasteiger partial charge in [-0.05, 0) is 36.6 Å². The van der Waals surface area contributed by atoms with Gasteiger partial charge in [0.15, 0.2) is 5.78 Å². The van der Waals surface area contributed by atoms with Crippen molar-refractivity contribution in [2.75, 3.05) is 7.11 Å². The maximum atomic E-state index is 12.2. The van der Waals surface area contributed by atoms with Crippen LogP contribution in [0.25, 0.3) is 0 Å². The summed E-state index contributed by atoms with van der Waals surface area (Å²) in [6, 6.07) is 5.60. The molecule has 0 aliphatic heterocycles. The summed E-state index contributed by atoms with van der Waals surface area (Å²) in [6.45, 7) is 8.07. The molecule has 1 rings (SSSR count). The predicted molar refractivity (Wildman–Crippen MR) is 66.1 cm³/mol. The Balaban J connectivity index is 3.01. The van der Waals surface area contributed by atoms with Gasteiger partial charge in [-0.3, -0.25) is 4.79 Å². The third kappa shape index (κ3) is 2.63. The lowest BCUT2D eigenvalue weighted by molar-refractivity contribution is 0.0899. The van der Waals surface area contributed by atoms with Gasteiger partial charge in [-0.2, -0.15) is 0 Å². The number of aryl methyl sites for hydroxylation is 1. The van der Waals surface area contributed by atoms with Crippen molar-refractivity contribution in [3.63, 3.8) is 0 Å². The number of ether oxygens (including phenoxy) is 1. The van der Waals surface area contributed by atoms with Gasteiger partial charge in [0.1, 0.15) is 5.75 Å². The van der Waals surface area contributed by atoms with E-state index >= 15 is 0 Å². The lowest BCUT2D eigenvalue weighted by atomic mass is 9.88. The van der Waals surface area contributed by atoms with Crippen LogP contribution in [0.1, 0.15) is 36.7 Å². The molecule has 0 saturated carbocycles. The van der Waals surface area contributed by atoms with E-state index in [4.69, 9.17) is 4.74 Å². The highest BCUT2D eigenvalue weighted by molar-refractivity contribution is 5.99. The lowest BCUT2D eigenvalue weighted by Crippen LogP contribution is -2.17. The fourth-order valence-electron chi connectivity index (χ4n) is 1.59. The summed E-state index contributed by atoms with van der Waals surface area (Å²) >= 11 is 0. The Hall–Kier alpha value is -1.31. The van der Waals surface area contributed by atoms with Crippen LogP contribution in [0.5, 0.6) is 5.75 Å². The van der Waals surface area contributed by atoms with E-state index < -0.39 is 0 Å². The number of carbonyl (C=O) groups excluding carboxylic acids is 1. The van der Waals surface area contributed by atoms with Crippen molar-refractivity contribution < 1.29 is 9.53 Å². The molecular formula is C14H20O2. The second kappa shape index (κ2) is 5.15. The van der Waals surface area contributed by atoms with Crippen molar-refractivity contribution in [1.82, 2.24) is 0 Å². The van der Waals surface area contributed by atoms with Gasteiger partial charge in [0, 0.05) is 11.5 Å². The van der Waals surface area contributed by atoms with Crippen molar-refractivity contribution >= 4 is 5.78 Å². The molecule has 0 saturated heterocycles. The van der Waals surface area contributed by atoms with Crippen LogP contribution in [0.3, 0.4) is 0 Å². The third-order valence-electron chi connectivity index (χ3n) is 3.11. The minimum Gasteiger partial charge on any atom is -0.497 e. The quantitative estimate of drug-likeness (QED) is 0.726. The first-order valence-corrected chi connectivity index (χ1v) is 5.66. The highest BCUT2D eigenvalue weighted by Gasteiger charge is 2.19.